The minimum Gasteiger partial charge on any atom is -0.479 e. The number of benzene rings is 1. The van der Waals surface area contributed by atoms with E-state index in [2.05, 4.69) is 0 Å². The maximum Gasteiger partial charge on any atom is 0.422 e. The van der Waals surface area contributed by atoms with Gasteiger partial charge in [-0.2, -0.15) is 13.2 Å². The molecule has 0 aliphatic heterocycles. The molecule has 5 nitrogen and oxygen atoms in total. The molecular formula is C13H15F3N2O3. The van der Waals surface area contributed by atoms with Crippen LogP contribution in [-0.2, 0) is 4.79 Å². The topological polar surface area (TPSA) is 69.6 Å². The Labute approximate surface area is 119 Å². The van der Waals surface area contributed by atoms with E-state index in [9.17, 15) is 22.8 Å². The third-order valence-electron chi connectivity index (χ3n) is 3.05. The predicted molar refractivity (Wildman–Crippen MR) is 70.2 cm³/mol. The van der Waals surface area contributed by atoms with Crippen molar-refractivity contribution in [1.82, 2.24) is 5.32 Å². The van der Waals surface area contributed by atoms with E-state index >= 15 is 0 Å². The Kier molecular flexibility index (Phi) is 4.50. The Morgan fingerprint density at radius 1 is 1.29 bits per heavy atom. The van der Waals surface area contributed by atoms with Gasteiger partial charge in [0, 0.05) is 12.7 Å². The van der Waals surface area contributed by atoms with E-state index in [0.29, 0.717) is 12.6 Å². The molecule has 0 saturated carbocycles. The molecule has 0 fully saturated rings. The fourth-order valence-corrected chi connectivity index (χ4v) is 1.50. The van der Waals surface area contributed by atoms with E-state index in [1.807, 2.05) is 0 Å². The lowest BCUT2D eigenvalue weighted by atomic mass is 10.0. The second-order valence-electron chi connectivity index (χ2n) is 4.76. The van der Waals surface area contributed by atoms with Crippen LogP contribution < -0.4 is 10.2 Å². The number of aliphatic carboxylic acids is 1. The Morgan fingerprint density at radius 2 is 1.86 bits per heavy atom. The van der Waals surface area contributed by atoms with Crippen molar-refractivity contribution in [2.24, 2.45) is 0 Å². The number of rotatable bonds is 3. The molecule has 0 aromatic heterocycles. The molecule has 2 amide bonds. The second kappa shape index (κ2) is 5.63. The normalized spacial score (nSPS) is 14.2. The molecule has 0 spiro atoms. The van der Waals surface area contributed by atoms with E-state index in [0.717, 1.165) is 10.5 Å². The molecule has 1 aromatic rings. The van der Waals surface area contributed by atoms with Crippen molar-refractivity contribution >= 4 is 17.7 Å². The highest BCUT2D eigenvalue weighted by molar-refractivity contribution is 5.95. The zero-order chi connectivity index (χ0) is 16.4. The summed E-state index contributed by atoms with van der Waals surface area (Å²) in [5.41, 5.74) is -2.20. The van der Waals surface area contributed by atoms with Crippen molar-refractivity contribution in [3.63, 3.8) is 0 Å². The number of hydrogen-bond acceptors (Lipinski definition) is 2. The summed E-state index contributed by atoms with van der Waals surface area (Å²) in [5, 5.41) is 10.3. The van der Waals surface area contributed by atoms with Gasteiger partial charge in [-0.25, -0.2) is 9.59 Å². The molecule has 116 valence electrons. The van der Waals surface area contributed by atoms with Crippen LogP contribution in [0.3, 0.4) is 0 Å². The van der Waals surface area contributed by atoms with Crippen LogP contribution in [0.15, 0.2) is 24.3 Å². The first-order valence-corrected chi connectivity index (χ1v) is 5.91. The lowest BCUT2D eigenvalue weighted by Gasteiger charge is -2.30. The van der Waals surface area contributed by atoms with Crippen molar-refractivity contribution in [3.05, 3.63) is 29.8 Å². The average molecular weight is 304 g/mol. The predicted octanol–water partition coefficient (Wildman–Crippen LogP) is 2.55. The van der Waals surface area contributed by atoms with Gasteiger partial charge in [-0.05, 0) is 31.5 Å². The average Bonchev–Trinajstić information content (AvgIpc) is 2.36. The Morgan fingerprint density at radius 3 is 2.29 bits per heavy atom. The molecule has 8 heteroatoms. The molecule has 0 radical (unpaired) electrons. The minimum absolute atomic E-state index is 0.349. The first-order chi connectivity index (χ1) is 9.49. The maximum atomic E-state index is 12.8. The van der Waals surface area contributed by atoms with Crippen molar-refractivity contribution in [3.8, 4) is 0 Å². The van der Waals surface area contributed by atoms with E-state index in [1.165, 1.54) is 18.4 Å². The van der Waals surface area contributed by atoms with Gasteiger partial charge in [-0.15, -0.1) is 0 Å². The number of carbonyl (C=O) groups is 2. The first-order valence-electron chi connectivity index (χ1n) is 5.91. The number of aryl methyl sites for hydroxylation is 1. The smallest absolute Gasteiger partial charge is 0.422 e. The molecule has 0 saturated heterocycles. The highest BCUT2D eigenvalue weighted by atomic mass is 19.4. The monoisotopic (exact) mass is 304 g/mol. The third kappa shape index (κ3) is 3.45. The Bertz CT molecular complexity index is 560. The van der Waals surface area contributed by atoms with Crippen LogP contribution in [0.5, 0.6) is 0 Å². The third-order valence-corrected chi connectivity index (χ3v) is 3.05. The van der Waals surface area contributed by atoms with Crippen molar-refractivity contribution < 1.29 is 27.9 Å². The van der Waals surface area contributed by atoms with Crippen LogP contribution in [-0.4, -0.2) is 35.9 Å². The van der Waals surface area contributed by atoms with Crippen LogP contribution in [0.2, 0.25) is 0 Å². The second-order valence-corrected chi connectivity index (χ2v) is 4.76. The van der Waals surface area contributed by atoms with Crippen molar-refractivity contribution in [2.45, 2.75) is 25.6 Å². The molecule has 1 unspecified atom stereocenters. The van der Waals surface area contributed by atoms with Gasteiger partial charge in [-0.1, -0.05) is 12.1 Å². The lowest BCUT2D eigenvalue weighted by molar-refractivity contribution is -0.203. The SMILES string of the molecule is Cc1cccc(N(C)C(=O)NC(C)(C(=O)O)C(F)(F)F)c1. The number of carboxylic acids is 1. The molecule has 0 aliphatic rings. The van der Waals surface area contributed by atoms with Crippen molar-refractivity contribution in [2.75, 3.05) is 11.9 Å². The van der Waals surface area contributed by atoms with Gasteiger partial charge in [0.15, 0.2) is 0 Å². The number of carboxylic acid groups (broad SMARTS) is 1. The zero-order valence-electron chi connectivity index (χ0n) is 11.7. The number of halogens is 3. The summed E-state index contributed by atoms with van der Waals surface area (Å²) in [4.78, 5) is 23.7. The molecule has 1 aromatic carbocycles. The quantitative estimate of drug-likeness (QED) is 0.901. The number of hydrogen-bond donors (Lipinski definition) is 2. The number of nitrogens with zero attached hydrogens (tertiary/aromatic N) is 1. The van der Waals surface area contributed by atoms with Gasteiger partial charge >= 0.3 is 18.2 Å². The fourth-order valence-electron chi connectivity index (χ4n) is 1.50. The zero-order valence-corrected chi connectivity index (χ0v) is 11.7. The van der Waals surface area contributed by atoms with Gasteiger partial charge in [0.1, 0.15) is 0 Å². The van der Waals surface area contributed by atoms with E-state index in [4.69, 9.17) is 5.11 Å². The number of amides is 2. The highest BCUT2D eigenvalue weighted by Crippen LogP contribution is 2.30. The number of urea groups is 1. The van der Waals surface area contributed by atoms with E-state index < -0.39 is 23.7 Å². The molecule has 2 N–H and O–H groups in total. The Balaban J connectivity index is 3.01. The molecular weight excluding hydrogens is 289 g/mol. The molecule has 0 bridgehead atoms. The standard InChI is InChI=1S/C13H15F3N2O3/c1-8-5-4-6-9(7-8)18(3)11(21)17-12(2,10(19)20)13(14,15)16/h4-7H,1-3H3,(H,17,21)(H,19,20). The van der Waals surface area contributed by atoms with Gasteiger partial charge < -0.3 is 10.4 Å². The highest BCUT2D eigenvalue weighted by Gasteiger charge is 2.58. The van der Waals surface area contributed by atoms with E-state index in [-0.39, 0.29) is 0 Å². The number of carbonyl (C=O) groups excluding carboxylic acids is 1. The van der Waals surface area contributed by atoms with E-state index in [1.54, 1.807) is 25.1 Å². The molecule has 21 heavy (non-hydrogen) atoms. The Hall–Kier alpha value is -2.25. The molecule has 0 aliphatic carbocycles. The van der Waals surface area contributed by atoms with Crippen LogP contribution >= 0.6 is 0 Å². The molecule has 1 rings (SSSR count). The minimum atomic E-state index is -5.12. The summed E-state index contributed by atoms with van der Waals surface area (Å²) in [6, 6.07) is 5.34. The summed E-state index contributed by atoms with van der Waals surface area (Å²) in [5.74, 6) is -2.18. The summed E-state index contributed by atoms with van der Waals surface area (Å²) < 4.78 is 38.5. The van der Waals surface area contributed by atoms with Gasteiger partial charge in [0.2, 0.25) is 5.54 Å². The summed E-state index contributed by atoms with van der Waals surface area (Å²) in [7, 11) is 1.25. The fraction of sp³-hybridized carbons (Fsp3) is 0.385. The number of nitrogens with one attached hydrogen (secondary N) is 1. The van der Waals surface area contributed by atoms with Crippen LogP contribution in [0.4, 0.5) is 23.7 Å². The largest absolute Gasteiger partial charge is 0.479 e. The summed E-state index contributed by atoms with van der Waals surface area (Å²) in [6.45, 7) is 2.16. The van der Waals surface area contributed by atoms with Crippen LogP contribution in [0.1, 0.15) is 12.5 Å². The number of alkyl halides is 3. The number of anilines is 1. The molecule has 1 atom stereocenters. The van der Waals surface area contributed by atoms with Crippen LogP contribution in [0.25, 0.3) is 0 Å². The van der Waals surface area contributed by atoms with Crippen molar-refractivity contribution in [1.29, 1.82) is 0 Å². The lowest BCUT2D eigenvalue weighted by Crippen LogP contribution is -2.63. The summed E-state index contributed by atoms with van der Waals surface area (Å²) in [6.07, 6.45) is -5.12. The van der Waals surface area contributed by atoms with Crippen LogP contribution in [0, 0.1) is 6.92 Å². The first kappa shape index (κ1) is 16.8. The summed E-state index contributed by atoms with van der Waals surface area (Å²) >= 11 is 0. The van der Waals surface area contributed by atoms with Gasteiger partial charge in [-0.3, -0.25) is 4.90 Å². The van der Waals surface area contributed by atoms with Gasteiger partial charge in [0.25, 0.3) is 0 Å². The molecule has 0 heterocycles. The van der Waals surface area contributed by atoms with Gasteiger partial charge in [0.05, 0.1) is 0 Å². The maximum absolute atomic E-state index is 12.8.